The minimum absolute atomic E-state index is 0.0771. The van der Waals surface area contributed by atoms with E-state index in [-0.39, 0.29) is 11.3 Å². The number of aromatic nitrogens is 1. The van der Waals surface area contributed by atoms with Crippen LogP contribution in [-0.2, 0) is 0 Å². The van der Waals surface area contributed by atoms with Gasteiger partial charge in [0.15, 0.2) is 0 Å². The number of benzene rings is 1. The Kier molecular flexibility index (Phi) is 3.43. The molecule has 6 heteroatoms. The normalized spacial score (nSPS) is 10.1. The fourth-order valence-corrected chi connectivity index (χ4v) is 1.44. The predicted octanol–water partition coefficient (Wildman–Crippen LogP) is 2.71. The fourth-order valence-electron chi connectivity index (χ4n) is 1.32. The van der Waals surface area contributed by atoms with Crippen LogP contribution in [0.2, 0.25) is 5.02 Å². The van der Waals surface area contributed by atoms with E-state index in [1.54, 1.807) is 12.1 Å². The van der Waals surface area contributed by atoms with Crippen molar-refractivity contribution < 1.29 is 9.18 Å². The molecule has 0 saturated heterocycles. The maximum atomic E-state index is 12.9. The Bertz CT molecular complexity index is 586. The number of carbonyl (C=O) groups is 1. The molecule has 18 heavy (non-hydrogen) atoms. The van der Waals surface area contributed by atoms with E-state index in [2.05, 4.69) is 10.3 Å². The quantitative estimate of drug-likeness (QED) is 0.821. The number of rotatable bonds is 2. The van der Waals surface area contributed by atoms with Gasteiger partial charge >= 0.3 is 0 Å². The summed E-state index contributed by atoms with van der Waals surface area (Å²) in [6.07, 6.45) is 1.41. The van der Waals surface area contributed by atoms with Crippen LogP contribution in [0, 0.1) is 5.82 Å². The molecule has 4 nitrogen and oxygen atoms in total. The number of carbonyl (C=O) groups excluding carboxylic acids is 1. The van der Waals surface area contributed by atoms with Crippen LogP contribution in [0.1, 0.15) is 10.4 Å². The van der Waals surface area contributed by atoms with Gasteiger partial charge in [-0.05, 0) is 30.3 Å². The van der Waals surface area contributed by atoms with Crippen LogP contribution in [-0.4, -0.2) is 10.9 Å². The van der Waals surface area contributed by atoms with E-state index >= 15 is 0 Å². The van der Waals surface area contributed by atoms with Crippen LogP contribution < -0.4 is 11.1 Å². The van der Waals surface area contributed by atoms with Crippen LogP contribution in [0.25, 0.3) is 0 Å². The summed E-state index contributed by atoms with van der Waals surface area (Å²) in [7, 11) is 0. The van der Waals surface area contributed by atoms with Crippen molar-refractivity contribution in [1.29, 1.82) is 0 Å². The molecule has 2 aromatic rings. The van der Waals surface area contributed by atoms with Crippen LogP contribution in [0.15, 0.2) is 36.5 Å². The molecule has 0 aliphatic rings. The molecule has 92 valence electrons. The number of amides is 1. The predicted molar refractivity (Wildman–Crippen MR) is 68.0 cm³/mol. The summed E-state index contributed by atoms with van der Waals surface area (Å²) in [5.41, 5.74) is 5.56. The van der Waals surface area contributed by atoms with Gasteiger partial charge in [0, 0.05) is 11.8 Å². The van der Waals surface area contributed by atoms with E-state index in [0.29, 0.717) is 10.8 Å². The van der Waals surface area contributed by atoms with Gasteiger partial charge in [-0.1, -0.05) is 11.6 Å². The Hall–Kier alpha value is -2.14. The summed E-state index contributed by atoms with van der Waals surface area (Å²) < 4.78 is 12.9. The molecule has 2 rings (SSSR count). The number of nitrogens with two attached hydrogens (primary N) is 1. The average Bonchev–Trinajstić information content (AvgIpc) is 2.35. The van der Waals surface area contributed by atoms with Crippen LogP contribution in [0.3, 0.4) is 0 Å². The van der Waals surface area contributed by atoms with E-state index in [4.69, 9.17) is 17.3 Å². The van der Waals surface area contributed by atoms with Crippen LogP contribution in [0.4, 0.5) is 15.9 Å². The smallest absolute Gasteiger partial charge is 0.256 e. The van der Waals surface area contributed by atoms with Crippen molar-refractivity contribution in [2.45, 2.75) is 0 Å². The number of nitrogens with one attached hydrogen (secondary N) is 1. The molecular formula is C12H9ClFN3O. The molecule has 0 fully saturated rings. The molecule has 0 bridgehead atoms. The van der Waals surface area contributed by atoms with Gasteiger partial charge in [-0.3, -0.25) is 4.79 Å². The Morgan fingerprint density at radius 1 is 1.33 bits per heavy atom. The molecule has 0 aliphatic heterocycles. The first-order valence-corrected chi connectivity index (χ1v) is 5.42. The third-order valence-electron chi connectivity index (χ3n) is 2.23. The summed E-state index contributed by atoms with van der Waals surface area (Å²) in [5, 5.41) is 3.02. The summed E-state index contributed by atoms with van der Waals surface area (Å²) in [6.45, 7) is 0. The lowest BCUT2D eigenvalue weighted by Crippen LogP contribution is -2.13. The monoisotopic (exact) mass is 265 g/mol. The molecular weight excluding hydrogens is 257 g/mol. The Morgan fingerprint density at radius 2 is 2.11 bits per heavy atom. The number of nitrogen functional groups attached to an aromatic ring is 1. The summed E-state index contributed by atoms with van der Waals surface area (Å²) >= 11 is 5.67. The van der Waals surface area contributed by atoms with E-state index < -0.39 is 11.7 Å². The number of hydrogen-bond donors (Lipinski definition) is 2. The first-order valence-electron chi connectivity index (χ1n) is 5.04. The highest BCUT2D eigenvalue weighted by Crippen LogP contribution is 2.14. The van der Waals surface area contributed by atoms with Gasteiger partial charge in [0.25, 0.3) is 5.91 Å². The SMILES string of the molecule is Nc1cc(C(=O)Nc2ccc(Cl)cn2)ccc1F. The second-order valence-corrected chi connectivity index (χ2v) is 3.99. The topological polar surface area (TPSA) is 68.0 Å². The molecule has 1 aromatic heterocycles. The van der Waals surface area contributed by atoms with E-state index in [1.165, 1.54) is 18.3 Å². The number of pyridine rings is 1. The highest BCUT2D eigenvalue weighted by atomic mass is 35.5. The van der Waals surface area contributed by atoms with Crippen LogP contribution in [0.5, 0.6) is 0 Å². The van der Waals surface area contributed by atoms with Crippen molar-refractivity contribution in [3.8, 4) is 0 Å². The number of anilines is 2. The standard InChI is InChI=1S/C12H9ClFN3O/c13-8-2-4-11(16-6-8)17-12(18)7-1-3-9(14)10(15)5-7/h1-6H,15H2,(H,16,17,18). The lowest BCUT2D eigenvalue weighted by atomic mass is 10.2. The lowest BCUT2D eigenvalue weighted by Gasteiger charge is -2.05. The van der Waals surface area contributed by atoms with Crippen molar-refractivity contribution in [3.05, 3.63) is 52.9 Å². The van der Waals surface area contributed by atoms with Crippen molar-refractivity contribution in [1.82, 2.24) is 4.98 Å². The molecule has 1 amide bonds. The molecule has 0 radical (unpaired) electrons. The zero-order valence-corrected chi connectivity index (χ0v) is 9.91. The Balaban J connectivity index is 2.16. The zero-order chi connectivity index (χ0) is 13.1. The number of nitrogens with zero attached hydrogens (tertiary/aromatic N) is 1. The van der Waals surface area contributed by atoms with E-state index in [0.717, 1.165) is 6.07 Å². The average molecular weight is 266 g/mol. The molecule has 1 aromatic carbocycles. The minimum atomic E-state index is -0.559. The van der Waals surface area contributed by atoms with Crippen molar-refractivity contribution in [2.75, 3.05) is 11.1 Å². The molecule has 0 unspecified atom stereocenters. The Labute approximate surface area is 108 Å². The summed E-state index contributed by atoms with van der Waals surface area (Å²) in [5.74, 6) is -0.625. The highest BCUT2D eigenvalue weighted by molar-refractivity contribution is 6.30. The first-order chi connectivity index (χ1) is 8.56. The van der Waals surface area contributed by atoms with Crippen LogP contribution >= 0.6 is 11.6 Å². The first kappa shape index (κ1) is 12.3. The second-order valence-electron chi connectivity index (χ2n) is 3.55. The highest BCUT2D eigenvalue weighted by Gasteiger charge is 2.09. The van der Waals surface area contributed by atoms with Gasteiger partial charge in [-0.15, -0.1) is 0 Å². The van der Waals surface area contributed by atoms with Crippen molar-refractivity contribution in [3.63, 3.8) is 0 Å². The molecule has 0 spiro atoms. The summed E-state index contributed by atoms with van der Waals surface area (Å²) in [4.78, 5) is 15.7. The third-order valence-corrected chi connectivity index (χ3v) is 2.45. The van der Waals surface area contributed by atoms with E-state index in [9.17, 15) is 9.18 Å². The fraction of sp³-hybridized carbons (Fsp3) is 0. The van der Waals surface area contributed by atoms with Crippen molar-refractivity contribution in [2.24, 2.45) is 0 Å². The maximum absolute atomic E-state index is 12.9. The molecule has 0 saturated carbocycles. The molecule has 1 heterocycles. The van der Waals surface area contributed by atoms with Gasteiger partial charge in [-0.25, -0.2) is 9.37 Å². The largest absolute Gasteiger partial charge is 0.396 e. The summed E-state index contributed by atoms with van der Waals surface area (Å²) in [6, 6.07) is 6.91. The van der Waals surface area contributed by atoms with Gasteiger partial charge in [0.05, 0.1) is 10.7 Å². The second kappa shape index (κ2) is 5.01. The number of hydrogen-bond acceptors (Lipinski definition) is 3. The minimum Gasteiger partial charge on any atom is -0.396 e. The molecule has 0 aliphatic carbocycles. The third kappa shape index (κ3) is 2.75. The Morgan fingerprint density at radius 3 is 2.72 bits per heavy atom. The van der Waals surface area contributed by atoms with E-state index in [1.807, 2.05) is 0 Å². The number of halogens is 2. The zero-order valence-electron chi connectivity index (χ0n) is 9.15. The van der Waals surface area contributed by atoms with Gasteiger partial charge in [-0.2, -0.15) is 0 Å². The maximum Gasteiger partial charge on any atom is 0.256 e. The lowest BCUT2D eigenvalue weighted by molar-refractivity contribution is 0.102. The van der Waals surface area contributed by atoms with Gasteiger partial charge in [0.1, 0.15) is 11.6 Å². The van der Waals surface area contributed by atoms with Crippen molar-refractivity contribution >= 4 is 29.0 Å². The molecule has 3 N–H and O–H groups in total. The van der Waals surface area contributed by atoms with Gasteiger partial charge in [0.2, 0.25) is 0 Å². The molecule has 0 atom stereocenters. The van der Waals surface area contributed by atoms with Gasteiger partial charge < -0.3 is 11.1 Å².